The van der Waals surface area contributed by atoms with Crippen LogP contribution in [-0.4, -0.2) is 30.1 Å². The molecule has 5 heteroatoms. The first-order chi connectivity index (χ1) is 15.1. The molecular weight excluding hydrogens is 390 g/mol. The molecule has 31 heavy (non-hydrogen) atoms. The summed E-state index contributed by atoms with van der Waals surface area (Å²) in [6.45, 7) is 3.89. The predicted octanol–water partition coefficient (Wildman–Crippen LogP) is 4.63. The molecule has 0 amide bonds. The summed E-state index contributed by atoms with van der Waals surface area (Å²) in [5.74, 6) is -1.07. The van der Waals surface area contributed by atoms with Crippen molar-refractivity contribution < 1.29 is 19.1 Å². The van der Waals surface area contributed by atoms with Gasteiger partial charge in [0.1, 0.15) is 0 Å². The summed E-state index contributed by atoms with van der Waals surface area (Å²) in [7, 11) is 0. The Morgan fingerprint density at radius 2 is 1.39 bits per heavy atom. The highest BCUT2D eigenvalue weighted by atomic mass is 16.6. The Morgan fingerprint density at radius 1 is 0.839 bits per heavy atom. The maximum Gasteiger partial charge on any atom is 0.324 e. The van der Waals surface area contributed by atoms with E-state index in [-0.39, 0.29) is 26.1 Å². The van der Waals surface area contributed by atoms with Crippen molar-refractivity contribution in [2.24, 2.45) is 5.41 Å². The second kappa shape index (κ2) is 8.72. The third kappa shape index (κ3) is 3.83. The average molecular weight is 415 g/mol. The zero-order chi connectivity index (χ0) is 21.8. The van der Waals surface area contributed by atoms with E-state index in [1.54, 1.807) is 13.8 Å². The van der Waals surface area contributed by atoms with Crippen LogP contribution in [0.4, 0.5) is 0 Å². The molecule has 0 bridgehead atoms. The summed E-state index contributed by atoms with van der Waals surface area (Å²) in [5.41, 5.74) is 3.96. The van der Waals surface area contributed by atoms with Gasteiger partial charge in [-0.3, -0.25) is 9.59 Å². The van der Waals surface area contributed by atoms with Crippen molar-refractivity contribution in [2.45, 2.75) is 26.7 Å². The number of rotatable bonds is 6. The van der Waals surface area contributed by atoms with Gasteiger partial charge in [-0.05, 0) is 37.5 Å². The molecule has 2 aromatic carbocycles. The van der Waals surface area contributed by atoms with Crippen molar-refractivity contribution in [2.75, 3.05) is 13.2 Å². The molecule has 1 heterocycles. The van der Waals surface area contributed by atoms with Gasteiger partial charge < -0.3 is 9.47 Å². The van der Waals surface area contributed by atoms with Gasteiger partial charge in [0, 0.05) is 17.5 Å². The first kappa shape index (κ1) is 20.8. The molecule has 0 saturated carbocycles. The van der Waals surface area contributed by atoms with Crippen LogP contribution in [0.25, 0.3) is 22.5 Å². The molecule has 0 N–H and O–H groups in total. The Morgan fingerprint density at radius 3 is 1.94 bits per heavy atom. The van der Waals surface area contributed by atoms with Crippen LogP contribution in [0.1, 0.15) is 25.0 Å². The fourth-order valence-corrected chi connectivity index (χ4v) is 4.17. The van der Waals surface area contributed by atoms with Gasteiger partial charge >= 0.3 is 11.9 Å². The van der Waals surface area contributed by atoms with E-state index in [0.717, 1.165) is 33.6 Å². The van der Waals surface area contributed by atoms with Crippen LogP contribution in [0.5, 0.6) is 0 Å². The molecule has 0 fully saturated rings. The molecule has 0 radical (unpaired) electrons. The minimum Gasteiger partial charge on any atom is -0.465 e. The molecule has 0 spiro atoms. The van der Waals surface area contributed by atoms with Crippen molar-refractivity contribution in [1.29, 1.82) is 0 Å². The summed E-state index contributed by atoms with van der Waals surface area (Å²) in [4.78, 5) is 31.0. The Labute approximate surface area is 182 Å². The fraction of sp³-hybridized carbons (Fsp3) is 0.269. The second-order valence-electron chi connectivity index (χ2n) is 7.60. The second-order valence-corrected chi connectivity index (χ2v) is 7.60. The number of ether oxygens (including phenoxy) is 2. The van der Waals surface area contributed by atoms with E-state index in [0.29, 0.717) is 0 Å². The highest BCUT2D eigenvalue weighted by Crippen LogP contribution is 2.44. The zero-order valence-electron chi connectivity index (χ0n) is 17.8. The Bertz CT molecular complexity index is 1080. The van der Waals surface area contributed by atoms with Crippen molar-refractivity contribution >= 4 is 11.9 Å². The first-order valence-electron chi connectivity index (χ1n) is 10.6. The summed E-state index contributed by atoms with van der Waals surface area (Å²) in [5, 5.41) is 0. The standard InChI is InChI=1S/C26H25NO4/c1-3-30-24(28)26(25(29)31-4-2)16-20-15-22(18-11-7-5-8-12-18)27-23(21(20)17-26)19-13-9-6-10-14-19/h5-15H,3-4,16-17H2,1-2H3. The van der Waals surface area contributed by atoms with Gasteiger partial charge in [0.15, 0.2) is 5.41 Å². The number of aromatic nitrogens is 1. The lowest BCUT2D eigenvalue weighted by Gasteiger charge is -2.24. The maximum atomic E-state index is 13.0. The fourth-order valence-electron chi connectivity index (χ4n) is 4.17. The topological polar surface area (TPSA) is 65.5 Å². The van der Waals surface area contributed by atoms with E-state index < -0.39 is 17.4 Å². The first-order valence-corrected chi connectivity index (χ1v) is 10.6. The van der Waals surface area contributed by atoms with Crippen molar-refractivity contribution in [1.82, 2.24) is 4.98 Å². The zero-order valence-corrected chi connectivity index (χ0v) is 17.8. The number of pyridine rings is 1. The lowest BCUT2D eigenvalue weighted by molar-refractivity contribution is -0.171. The molecule has 1 aromatic heterocycles. The molecule has 5 nitrogen and oxygen atoms in total. The summed E-state index contributed by atoms with van der Waals surface area (Å²) >= 11 is 0. The Hall–Kier alpha value is -3.47. The molecule has 158 valence electrons. The molecule has 1 aliphatic carbocycles. The summed E-state index contributed by atoms with van der Waals surface area (Å²) in [6.07, 6.45) is 0.453. The van der Waals surface area contributed by atoms with Crippen molar-refractivity contribution in [3.63, 3.8) is 0 Å². The molecule has 4 rings (SSSR count). The monoisotopic (exact) mass is 415 g/mol. The number of benzene rings is 2. The molecule has 0 atom stereocenters. The number of nitrogens with zero attached hydrogens (tertiary/aromatic N) is 1. The Balaban J connectivity index is 1.88. The highest BCUT2D eigenvalue weighted by molar-refractivity contribution is 6.02. The highest BCUT2D eigenvalue weighted by Gasteiger charge is 2.53. The van der Waals surface area contributed by atoms with E-state index in [2.05, 4.69) is 0 Å². The normalized spacial score (nSPS) is 14.0. The van der Waals surface area contributed by atoms with Gasteiger partial charge in [0.2, 0.25) is 0 Å². The average Bonchev–Trinajstić information content (AvgIpc) is 3.21. The molecule has 0 saturated heterocycles. The number of hydrogen-bond acceptors (Lipinski definition) is 5. The van der Waals surface area contributed by atoms with Gasteiger partial charge in [-0.15, -0.1) is 0 Å². The number of carbonyl (C=O) groups is 2. The third-order valence-corrected chi connectivity index (χ3v) is 5.64. The van der Waals surface area contributed by atoms with Gasteiger partial charge in [0.05, 0.1) is 24.6 Å². The van der Waals surface area contributed by atoms with Crippen molar-refractivity contribution in [3.8, 4) is 22.5 Å². The number of esters is 2. The molecular formula is C26H25NO4. The minimum atomic E-state index is -1.38. The smallest absolute Gasteiger partial charge is 0.324 e. The van der Waals surface area contributed by atoms with Gasteiger partial charge in [-0.2, -0.15) is 0 Å². The Kier molecular flexibility index (Phi) is 5.85. The lowest BCUT2D eigenvalue weighted by atomic mass is 9.84. The van der Waals surface area contributed by atoms with E-state index >= 15 is 0 Å². The van der Waals surface area contributed by atoms with Crippen LogP contribution >= 0.6 is 0 Å². The van der Waals surface area contributed by atoms with Crippen LogP contribution in [0.3, 0.4) is 0 Å². The van der Waals surface area contributed by atoms with Crippen LogP contribution in [0, 0.1) is 5.41 Å². The van der Waals surface area contributed by atoms with E-state index in [4.69, 9.17) is 14.5 Å². The quantitative estimate of drug-likeness (QED) is 0.434. The third-order valence-electron chi connectivity index (χ3n) is 5.64. The summed E-state index contributed by atoms with van der Waals surface area (Å²) < 4.78 is 10.7. The molecule has 0 aliphatic heterocycles. The van der Waals surface area contributed by atoms with Crippen molar-refractivity contribution in [3.05, 3.63) is 77.9 Å². The van der Waals surface area contributed by atoms with Gasteiger partial charge in [-0.25, -0.2) is 4.98 Å². The number of carbonyl (C=O) groups excluding carboxylic acids is 2. The molecule has 0 unspecified atom stereocenters. The molecule has 1 aliphatic rings. The van der Waals surface area contributed by atoms with Crippen LogP contribution in [0.2, 0.25) is 0 Å². The van der Waals surface area contributed by atoms with E-state index in [9.17, 15) is 9.59 Å². The van der Waals surface area contributed by atoms with Gasteiger partial charge in [-0.1, -0.05) is 60.7 Å². The van der Waals surface area contributed by atoms with Gasteiger partial charge in [0.25, 0.3) is 0 Å². The lowest BCUT2D eigenvalue weighted by Crippen LogP contribution is -2.43. The largest absolute Gasteiger partial charge is 0.465 e. The SMILES string of the molecule is CCOC(=O)C1(C(=O)OCC)Cc2cc(-c3ccccc3)nc(-c3ccccc3)c2C1. The van der Waals surface area contributed by atoms with E-state index in [1.165, 1.54) is 0 Å². The predicted molar refractivity (Wildman–Crippen MR) is 118 cm³/mol. The number of fused-ring (bicyclic) bond motifs is 1. The summed E-state index contributed by atoms with van der Waals surface area (Å²) in [6, 6.07) is 21.7. The van der Waals surface area contributed by atoms with Crippen LogP contribution in [0.15, 0.2) is 66.7 Å². The van der Waals surface area contributed by atoms with Crippen LogP contribution < -0.4 is 0 Å². The van der Waals surface area contributed by atoms with E-state index in [1.807, 2.05) is 66.7 Å². The number of hydrogen-bond donors (Lipinski definition) is 0. The minimum absolute atomic E-state index is 0.204. The van der Waals surface area contributed by atoms with Crippen LogP contribution in [-0.2, 0) is 31.9 Å². The molecule has 3 aromatic rings. The maximum absolute atomic E-state index is 13.0.